The van der Waals surface area contributed by atoms with Crippen molar-refractivity contribution < 1.29 is 20.4 Å². The van der Waals surface area contributed by atoms with Crippen LogP contribution in [0.1, 0.15) is 2.85 Å². The van der Waals surface area contributed by atoms with Gasteiger partial charge in [-0.1, -0.05) is 0 Å². The van der Waals surface area contributed by atoms with Crippen LogP contribution < -0.4 is 0 Å². The van der Waals surface area contributed by atoms with E-state index in [-0.39, 0.29) is 32.4 Å². The monoisotopic (exact) mass is 124 g/mol. The van der Waals surface area contributed by atoms with Crippen molar-refractivity contribution in [3.8, 4) is 0 Å². The molecule has 6 heavy (non-hydrogen) atoms. The summed E-state index contributed by atoms with van der Waals surface area (Å²) in [5, 5.41) is 0. The van der Waals surface area contributed by atoms with Crippen LogP contribution in [-0.2, 0) is 10.4 Å². The summed E-state index contributed by atoms with van der Waals surface area (Å²) >= 11 is 0. The first kappa shape index (κ1) is 9.98. The minimum absolute atomic E-state index is 0. The standard InChI is InChI=1S/Na.H2O4S.H/c;1-5(2,3)4;/h;(H2,1,2,3,4);/p+2. The third kappa shape index (κ3) is 96.4. The topological polar surface area (TPSA) is 74.6 Å². The molecule has 4 nitrogen and oxygen atoms in total. The van der Waals surface area contributed by atoms with Crippen molar-refractivity contribution in [2.75, 3.05) is 0 Å². The molecule has 0 aromatic heterocycles. The summed E-state index contributed by atoms with van der Waals surface area (Å²) in [5.41, 5.74) is 0. The fraction of sp³-hybridized carbons (Fsp3) is 0. The van der Waals surface area contributed by atoms with E-state index in [1.165, 1.54) is 0 Å². The van der Waals surface area contributed by atoms with Crippen molar-refractivity contribution in [2.45, 2.75) is 0 Å². The Hall–Kier alpha value is 0.870. The second-order valence-electron chi connectivity index (χ2n) is 0.448. The first-order chi connectivity index (χ1) is 2.00. The molecule has 0 atom stereocenters. The van der Waals surface area contributed by atoms with Gasteiger partial charge in [-0.05, 0) is 0 Å². The molecule has 0 aromatic carbocycles. The van der Waals surface area contributed by atoms with Gasteiger partial charge in [-0.3, -0.25) is 9.11 Å². The van der Waals surface area contributed by atoms with Crippen LogP contribution in [0, 0.1) is 0 Å². The predicted molar refractivity (Wildman–Crippen MR) is 23.6 cm³/mol. The van der Waals surface area contributed by atoms with Gasteiger partial charge in [0, 0.05) is 0 Å². The Balaban J connectivity index is -0.0000000267. The van der Waals surface area contributed by atoms with Gasteiger partial charge in [0.15, 0.2) is 0 Å². The summed E-state index contributed by atoms with van der Waals surface area (Å²) < 4.78 is 31.6. The van der Waals surface area contributed by atoms with Crippen LogP contribution in [-0.4, -0.2) is 47.1 Å². The number of hydrogen-bond donors (Lipinski definition) is 2. The molecule has 0 amide bonds. The van der Waals surface area contributed by atoms with Gasteiger partial charge in [0.05, 0.1) is 0 Å². The van der Waals surface area contributed by atoms with Crippen LogP contribution in [0.2, 0.25) is 0 Å². The second kappa shape index (κ2) is 2.95. The Bertz CT molecular complexity index is 97.2. The second-order valence-corrected chi connectivity index (χ2v) is 1.34. The zero-order valence-corrected chi connectivity index (χ0v) is 2.94. The van der Waals surface area contributed by atoms with Crippen LogP contribution in [0.5, 0.6) is 0 Å². The van der Waals surface area contributed by atoms with Crippen molar-refractivity contribution in [3.63, 3.8) is 0 Å². The van der Waals surface area contributed by atoms with E-state index in [9.17, 15) is 0 Å². The zero-order chi connectivity index (χ0) is 4.50. The molecule has 0 fully saturated rings. The molecular formula is H5NaO4S+2. The third-order valence-electron chi connectivity index (χ3n) is 0. The molecule has 0 unspecified atom stereocenters. The maximum atomic E-state index is 8.74. The summed E-state index contributed by atoms with van der Waals surface area (Å²) in [6.07, 6.45) is 0. The van der Waals surface area contributed by atoms with E-state index >= 15 is 0 Å². The quantitative estimate of drug-likeness (QED) is 0.318. The van der Waals surface area contributed by atoms with Gasteiger partial charge in [-0.25, -0.2) is 0 Å². The van der Waals surface area contributed by atoms with Crippen LogP contribution in [0.25, 0.3) is 0 Å². The van der Waals surface area contributed by atoms with Crippen molar-refractivity contribution in [2.24, 2.45) is 0 Å². The molecule has 0 heterocycles. The van der Waals surface area contributed by atoms with Gasteiger partial charge in [0.1, 0.15) is 0 Å². The predicted octanol–water partition coefficient (Wildman–Crippen LogP) is -1.08. The molecule has 0 aromatic rings. The third-order valence-corrected chi connectivity index (χ3v) is 0. The average Bonchev–Trinajstić information content (AvgIpc) is 0.722. The molecule has 0 aliphatic heterocycles. The summed E-state index contributed by atoms with van der Waals surface area (Å²) in [4.78, 5) is 0. The Morgan fingerprint density at radius 1 is 1.33 bits per heavy atom. The SMILES string of the molecule is O=S(=O)(O)O.[H+].[H+].[NaH]. The van der Waals surface area contributed by atoms with Gasteiger partial charge in [-0.2, -0.15) is 8.42 Å². The zero-order valence-electron chi connectivity index (χ0n) is 4.12. The Morgan fingerprint density at radius 3 is 1.33 bits per heavy atom. The van der Waals surface area contributed by atoms with Crippen LogP contribution in [0.3, 0.4) is 0 Å². The normalized spacial score (nSPS) is 9.67. The van der Waals surface area contributed by atoms with Gasteiger partial charge in [-0.15, -0.1) is 0 Å². The van der Waals surface area contributed by atoms with Crippen LogP contribution in [0.15, 0.2) is 0 Å². The van der Waals surface area contributed by atoms with Gasteiger partial charge in [0.25, 0.3) is 0 Å². The molecule has 6 heteroatoms. The first-order valence-corrected chi connectivity index (χ1v) is 2.10. The molecule has 0 spiro atoms. The molecule has 0 saturated carbocycles. The Morgan fingerprint density at radius 2 is 1.33 bits per heavy atom. The van der Waals surface area contributed by atoms with E-state index in [0.29, 0.717) is 0 Å². The van der Waals surface area contributed by atoms with E-state index in [1.54, 1.807) is 0 Å². The summed E-state index contributed by atoms with van der Waals surface area (Å²) in [5.74, 6) is 0. The maximum absolute atomic E-state index is 8.74. The molecular weight excluding hydrogens is 119 g/mol. The molecule has 34 valence electrons. The fourth-order valence-corrected chi connectivity index (χ4v) is 0. The van der Waals surface area contributed by atoms with Crippen molar-refractivity contribution in [3.05, 3.63) is 0 Å². The molecule has 2 N–H and O–H groups in total. The minimum atomic E-state index is -4.67. The summed E-state index contributed by atoms with van der Waals surface area (Å²) in [7, 11) is -4.67. The molecule has 0 aliphatic carbocycles. The van der Waals surface area contributed by atoms with E-state index in [0.717, 1.165) is 0 Å². The van der Waals surface area contributed by atoms with E-state index in [1.807, 2.05) is 0 Å². The van der Waals surface area contributed by atoms with Crippen molar-refractivity contribution in [1.29, 1.82) is 0 Å². The molecule has 0 radical (unpaired) electrons. The average molecular weight is 124 g/mol. The van der Waals surface area contributed by atoms with E-state index in [2.05, 4.69) is 0 Å². The van der Waals surface area contributed by atoms with Crippen LogP contribution >= 0.6 is 0 Å². The van der Waals surface area contributed by atoms with Crippen molar-refractivity contribution in [1.82, 2.24) is 0 Å². The molecule has 0 saturated heterocycles. The Labute approximate surface area is 60.4 Å². The molecule has 0 bridgehead atoms. The first-order valence-electron chi connectivity index (χ1n) is 0.698. The molecule has 0 aliphatic rings. The van der Waals surface area contributed by atoms with E-state index < -0.39 is 10.4 Å². The fourth-order valence-electron chi connectivity index (χ4n) is 0. The summed E-state index contributed by atoms with van der Waals surface area (Å²) in [6.45, 7) is 0. The van der Waals surface area contributed by atoms with Crippen LogP contribution in [0.4, 0.5) is 0 Å². The number of hydrogen-bond acceptors (Lipinski definition) is 2. The molecule has 0 rings (SSSR count). The van der Waals surface area contributed by atoms with Gasteiger partial charge >= 0.3 is 42.8 Å². The number of rotatable bonds is 0. The van der Waals surface area contributed by atoms with Gasteiger partial charge < -0.3 is 0 Å². The summed E-state index contributed by atoms with van der Waals surface area (Å²) in [6, 6.07) is 0. The Kier molecular flexibility index (Phi) is 4.91. The van der Waals surface area contributed by atoms with Gasteiger partial charge in [0.2, 0.25) is 0 Å². The van der Waals surface area contributed by atoms with Crippen molar-refractivity contribution >= 4 is 40.0 Å². The van der Waals surface area contributed by atoms with E-state index in [4.69, 9.17) is 17.5 Å².